The fourth-order valence-electron chi connectivity index (χ4n) is 3.82. The summed E-state index contributed by atoms with van der Waals surface area (Å²) in [5.41, 5.74) is 3.39. The van der Waals surface area contributed by atoms with Gasteiger partial charge in [0.05, 0.1) is 12.2 Å². The maximum absolute atomic E-state index is 12.9. The van der Waals surface area contributed by atoms with Crippen molar-refractivity contribution in [3.8, 4) is 11.4 Å². The summed E-state index contributed by atoms with van der Waals surface area (Å²) in [5.74, 6) is 0.443. The third-order valence-corrected chi connectivity index (χ3v) is 5.52. The Morgan fingerprint density at radius 3 is 2.58 bits per heavy atom. The van der Waals surface area contributed by atoms with E-state index < -0.39 is 0 Å². The molecule has 0 aliphatic carbocycles. The summed E-state index contributed by atoms with van der Waals surface area (Å²) in [6.07, 6.45) is 0. The van der Waals surface area contributed by atoms with Gasteiger partial charge in [0.15, 0.2) is 0 Å². The summed E-state index contributed by atoms with van der Waals surface area (Å²) in [6.45, 7) is 2.12. The SMILES string of the molecule is Cc1ccc(-c2noc(CN(C)C(=O)CN3C(=O)c4cccc5cccc3c45)n2)cc1. The Hall–Kier alpha value is -4.00. The van der Waals surface area contributed by atoms with E-state index in [1.54, 1.807) is 13.1 Å². The van der Waals surface area contributed by atoms with Crippen LogP contribution < -0.4 is 4.90 Å². The van der Waals surface area contributed by atoms with Crippen LogP contribution in [0.1, 0.15) is 21.8 Å². The lowest BCUT2D eigenvalue weighted by molar-refractivity contribution is -0.129. The fraction of sp³-hybridized carbons (Fsp3) is 0.167. The third kappa shape index (κ3) is 3.34. The quantitative estimate of drug-likeness (QED) is 0.498. The minimum atomic E-state index is -0.215. The van der Waals surface area contributed by atoms with Gasteiger partial charge in [-0.1, -0.05) is 59.3 Å². The van der Waals surface area contributed by atoms with Crippen LogP contribution in [0.25, 0.3) is 22.2 Å². The number of hydrogen-bond donors (Lipinski definition) is 0. The first-order valence-corrected chi connectivity index (χ1v) is 9.98. The number of nitrogens with zero attached hydrogens (tertiary/aromatic N) is 4. The second kappa shape index (κ2) is 7.36. The summed E-state index contributed by atoms with van der Waals surface area (Å²) >= 11 is 0. The van der Waals surface area contributed by atoms with E-state index in [0.717, 1.165) is 27.6 Å². The number of likely N-dealkylation sites (N-methyl/N-ethyl adjacent to an activating group) is 1. The van der Waals surface area contributed by atoms with Gasteiger partial charge in [-0.3, -0.25) is 14.5 Å². The van der Waals surface area contributed by atoms with Crippen LogP contribution in [0.2, 0.25) is 0 Å². The molecule has 1 aliphatic heterocycles. The molecule has 2 amide bonds. The number of carbonyl (C=O) groups excluding carboxylic acids is 2. The molecule has 7 nitrogen and oxygen atoms in total. The van der Waals surface area contributed by atoms with Crippen LogP contribution in [0.4, 0.5) is 5.69 Å². The molecule has 154 valence electrons. The highest BCUT2D eigenvalue weighted by Gasteiger charge is 2.31. The molecule has 31 heavy (non-hydrogen) atoms. The van der Waals surface area contributed by atoms with Crippen molar-refractivity contribution in [2.75, 3.05) is 18.5 Å². The largest absolute Gasteiger partial charge is 0.337 e. The zero-order chi connectivity index (χ0) is 21.5. The summed E-state index contributed by atoms with van der Waals surface area (Å²) in [6, 6.07) is 19.2. The molecule has 0 spiro atoms. The van der Waals surface area contributed by atoms with Crippen LogP contribution in [-0.4, -0.2) is 40.4 Å². The molecule has 0 saturated carbocycles. The van der Waals surface area contributed by atoms with Gasteiger partial charge >= 0.3 is 0 Å². The van der Waals surface area contributed by atoms with Crippen molar-refractivity contribution in [1.82, 2.24) is 15.0 Å². The Balaban J connectivity index is 1.30. The number of rotatable bonds is 5. The summed E-state index contributed by atoms with van der Waals surface area (Å²) in [5, 5.41) is 5.89. The minimum Gasteiger partial charge on any atom is -0.337 e. The molecule has 0 atom stereocenters. The van der Waals surface area contributed by atoms with Gasteiger partial charge in [0.1, 0.15) is 6.54 Å². The molecule has 7 heteroatoms. The molecule has 0 unspecified atom stereocenters. The van der Waals surface area contributed by atoms with Crippen LogP contribution in [-0.2, 0) is 11.3 Å². The van der Waals surface area contributed by atoms with Crippen LogP contribution in [0.3, 0.4) is 0 Å². The van der Waals surface area contributed by atoms with Gasteiger partial charge in [-0.2, -0.15) is 4.98 Å². The maximum atomic E-state index is 12.9. The first-order chi connectivity index (χ1) is 15.0. The molecule has 3 aromatic carbocycles. The lowest BCUT2D eigenvalue weighted by atomic mass is 10.1. The van der Waals surface area contributed by atoms with Gasteiger partial charge in [-0.25, -0.2) is 0 Å². The van der Waals surface area contributed by atoms with Crippen LogP contribution >= 0.6 is 0 Å². The van der Waals surface area contributed by atoms with Gasteiger partial charge < -0.3 is 9.42 Å². The van der Waals surface area contributed by atoms with E-state index in [2.05, 4.69) is 10.1 Å². The van der Waals surface area contributed by atoms with Crippen molar-refractivity contribution in [3.05, 3.63) is 77.7 Å². The van der Waals surface area contributed by atoms with E-state index in [1.807, 2.05) is 61.5 Å². The van der Waals surface area contributed by atoms with E-state index in [1.165, 1.54) is 9.80 Å². The average molecular weight is 412 g/mol. The topological polar surface area (TPSA) is 79.5 Å². The summed E-state index contributed by atoms with van der Waals surface area (Å²) in [4.78, 5) is 33.2. The van der Waals surface area contributed by atoms with Crippen molar-refractivity contribution < 1.29 is 14.1 Å². The van der Waals surface area contributed by atoms with E-state index >= 15 is 0 Å². The Labute approximate surface area is 178 Å². The number of carbonyl (C=O) groups is 2. The lowest BCUT2D eigenvalue weighted by Gasteiger charge is -2.21. The molecule has 0 bridgehead atoms. The van der Waals surface area contributed by atoms with Crippen molar-refractivity contribution in [2.24, 2.45) is 0 Å². The number of amides is 2. The van der Waals surface area contributed by atoms with Gasteiger partial charge in [0.2, 0.25) is 17.6 Å². The molecule has 0 N–H and O–H groups in total. The molecule has 5 rings (SSSR count). The fourth-order valence-corrected chi connectivity index (χ4v) is 3.82. The highest BCUT2D eigenvalue weighted by atomic mass is 16.5. The van der Waals surface area contributed by atoms with Crippen molar-refractivity contribution in [3.63, 3.8) is 0 Å². The molecule has 1 aliphatic rings. The maximum Gasteiger partial charge on any atom is 0.259 e. The van der Waals surface area contributed by atoms with Gasteiger partial charge in [0.25, 0.3) is 5.91 Å². The second-order valence-corrected chi connectivity index (χ2v) is 7.70. The highest BCUT2D eigenvalue weighted by molar-refractivity contribution is 6.26. The summed E-state index contributed by atoms with van der Waals surface area (Å²) < 4.78 is 5.32. The van der Waals surface area contributed by atoms with Crippen molar-refractivity contribution in [2.45, 2.75) is 13.5 Å². The number of benzene rings is 3. The van der Waals surface area contributed by atoms with Gasteiger partial charge in [-0.05, 0) is 24.4 Å². The molecule has 0 saturated heterocycles. The number of hydrogen-bond acceptors (Lipinski definition) is 5. The first-order valence-electron chi connectivity index (χ1n) is 9.98. The van der Waals surface area contributed by atoms with Crippen molar-refractivity contribution in [1.29, 1.82) is 0 Å². The predicted molar refractivity (Wildman–Crippen MR) is 117 cm³/mol. The Kier molecular flexibility index (Phi) is 4.51. The minimum absolute atomic E-state index is 0.0535. The monoisotopic (exact) mass is 412 g/mol. The van der Waals surface area contributed by atoms with Crippen LogP contribution in [0.5, 0.6) is 0 Å². The van der Waals surface area contributed by atoms with Gasteiger partial charge in [0, 0.05) is 23.6 Å². The third-order valence-electron chi connectivity index (χ3n) is 5.52. The molecular formula is C24H20N4O3. The summed E-state index contributed by atoms with van der Waals surface area (Å²) in [7, 11) is 1.66. The van der Waals surface area contributed by atoms with Crippen molar-refractivity contribution >= 4 is 28.3 Å². The number of aromatic nitrogens is 2. The van der Waals surface area contributed by atoms with E-state index in [0.29, 0.717) is 17.3 Å². The van der Waals surface area contributed by atoms with Gasteiger partial charge in [-0.15, -0.1) is 0 Å². The van der Waals surface area contributed by atoms with E-state index in [-0.39, 0.29) is 24.9 Å². The Morgan fingerprint density at radius 1 is 1.06 bits per heavy atom. The number of aryl methyl sites for hydroxylation is 1. The van der Waals surface area contributed by atoms with E-state index in [9.17, 15) is 9.59 Å². The standard InChI is InChI=1S/C24H20N4O3/c1-15-9-11-17(12-10-15)23-25-20(31-26-23)13-27(2)21(29)14-28-19-8-4-6-16-5-3-7-18(22(16)19)24(28)30/h3-12H,13-14H2,1-2H3. The molecule has 0 fully saturated rings. The van der Waals surface area contributed by atoms with Crippen LogP contribution in [0.15, 0.2) is 65.2 Å². The zero-order valence-electron chi connectivity index (χ0n) is 17.2. The molecular weight excluding hydrogens is 392 g/mol. The molecule has 2 heterocycles. The zero-order valence-corrected chi connectivity index (χ0v) is 17.2. The average Bonchev–Trinajstić information content (AvgIpc) is 3.34. The smallest absolute Gasteiger partial charge is 0.259 e. The normalized spacial score (nSPS) is 12.6. The Morgan fingerprint density at radius 2 is 1.81 bits per heavy atom. The Bertz CT molecular complexity index is 1300. The molecule has 4 aromatic rings. The lowest BCUT2D eigenvalue weighted by Crippen LogP contribution is -2.39. The first kappa shape index (κ1) is 19.0. The number of anilines is 1. The highest BCUT2D eigenvalue weighted by Crippen LogP contribution is 2.37. The molecule has 0 radical (unpaired) electrons. The van der Waals surface area contributed by atoms with Crippen LogP contribution in [0, 0.1) is 6.92 Å². The van der Waals surface area contributed by atoms with E-state index in [4.69, 9.17) is 4.52 Å². The molecule has 1 aromatic heterocycles. The predicted octanol–water partition coefficient (Wildman–Crippen LogP) is 3.82. The second-order valence-electron chi connectivity index (χ2n) is 7.70.